The summed E-state index contributed by atoms with van der Waals surface area (Å²) in [6, 6.07) is 30.8. The summed E-state index contributed by atoms with van der Waals surface area (Å²) in [4.78, 5) is 30.1. The van der Waals surface area contributed by atoms with E-state index in [1.807, 2.05) is 75.4 Å². The molecule has 0 saturated carbocycles. The van der Waals surface area contributed by atoms with Gasteiger partial charge in [0.05, 0.1) is 17.7 Å². The normalized spacial score (nSPS) is 12.5. The minimum atomic E-state index is -4.22. The number of para-hydroxylation sites is 2. The van der Waals surface area contributed by atoms with Crippen molar-refractivity contribution in [1.29, 1.82) is 0 Å². The van der Waals surface area contributed by atoms with Crippen LogP contribution in [0.3, 0.4) is 0 Å². The molecule has 0 fully saturated rings. The molecule has 0 aliphatic rings. The summed E-state index contributed by atoms with van der Waals surface area (Å²) in [7, 11) is -2.77. The van der Waals surface area contributed by atoms with E-state index in [0.717, 1.165) is 21.0 Å². The number of nitrogens with one attached hydrogen (secondary N) is 1. The van der Waals surface area contributed by atoms with Crippen molar-refractivity contribution in [3.05, 3.63) is 126 Å². The maximum absolute atomic E-state index is 14.6. The third-order valence-corrected chi connectivity index (χ3v) is 9.61. The Morgan fingerprint density at radius 3 is 2.09 bits per heavy atom. The first-order valence-corrected chi connectivity index (χ1v) is 16.5. The highest BCUT2D eigenvalue weighted by molar-refractivity contribution is 7.92. The van der Waals surface area contributed by atoms with E-state index in [1.165, 1.54) is 24.1 Å². The molecule has 0 heterocycles. The molecule has 4 rings (SSSR count). The zero-order chi connectivity index (χ0) is 32.4. The molecule has 2 atom stereocenters. The topological polar surface area (TPSA) is 96.0 Å². The summed E-state index contributed by atoms with van der Waals surface area (Å²) in [5.74, 6) is -0.528. The fourth-order valence-electron chi connectivity index (χ4n) is 5.03. The van der Waals surface area contributed by atoms with Crippen molar-refractivity contribution in [2.24, 2.45) is 0 Å². The summed E-state index contributed by atoms with van der Waals surface area (Å²) in [5, 5.41) is 3.06. The standard InChI is InChI=1S/C36H41N3O5S/c1-5-28(3)37-36(41)33(24-29-17-8-6-9-18-29)38(25-30-19-13-12-16-27(30)2)35(40)26-39(32-22-14-15-23-34(32)44-4)45(42,43)31-20-10-7-11-21-31/h6-23,28,33H,5,24-26H2,1-4H3,(H,37,41). The maximum Gasteiger partial charge on any atom is 0.264 e. The van der Waals surface area contributed by atoms with E-state index in [0.29, 0.717) is 12.2 Å². The molecule has 0 saturated heterocycles. The molecule has 1 N–H and O–H groups in total. The number of amides is 2. The fourth-order valence-corrected chi connectivity index (χ4v) is 6.48. The Morgan fingerprint density at radius 1 is 0.844 bits per heavy atom. The Hall–Kier alpha value is -4.63. The van der Waals surface area contributed by atoms with Gasteiger partial charge in [0.15, 0.2) is 0 Å². The summed E-state index contributed by atoms with van der Waals surface area (Å²) >= 11 is 0. The summed E-state index contributed by atoms with van der Waals surface area (Å²) in [6.45, 7) is 5.41. The molecule has 8 nitrogen and oxygen atoms in total. The molecule has 2 unspecified atom stereocenters. The number of hydrogen-bond donors (Lipinski definition) is 1. The number of carbonyl (C=O) groups is 2. The molecule has 0 aliphatic carbocycles. The average Bonchev–Trinajstić information content (AvgIpc) is 3.06. The minimum absolute atomic E-state index is 0.0320. The number of sulfonamides is 1. The van der Waals surface area contributed by atoms with Crippen LogP contribution in [-0.4, -0.2) is 50.9 Å². The first-order valence-electron chi connectivity index (χ1n) is 15.0. The van der Waals surface area contributed by atoms with Crippen LogP contribution in [0.25, 0.3) is 0 Å². The molecule has 2 amide bonds. The van der Waals surface area contributed by atoms with Crippen molar-refractivity contribution < 1.29 is 22.7 Å². The highest BCUT2D eigenvalue weighted by Gasteiger charge is 2.35. The molecule has 4 aromatic rings. The lowest BCUT2D eigenvalue weighted by Crippen LogP contribution is -2.54. The van der Waals surface area contributed by atoms with E-state index in [2.05, 4.69) is 5.32 Å². The van der Waals surface area contributed by atoms with Crippen LogP contribution in [0.4, 0.5) is 5.69 Å². The smallest absolute Gasteiger partial charge is 0.264 e. The van der Waals surface area contributed by atoms with Crippen LogP contribution >= 0.6 is 0 Å². The minimum Gasteiger partial charge on any atom is -0.495 e. The Labute approximate surface area is 266 Å². The molecule has 9 heteroatoms. The number of hydrogen-bond acceptors (Lipinski definition) is 5. The predicted octanol–water partition coefficient (Wildman–Crippen LogP) is 5.75. The lowest BCUT2D eigenvalue weighted by molar-refractivity contribution is -0.140. The van der Waals surface area contributed by atoms with Crippen LogP contribution in [0.2, 0.25) is 0 Å². The third-order valence-electron chi connectivity index (χ3n) is 7.84. The number of nitrogens with zero attached hydrogens (tertiary/aromatic N) is 2. The molecule has 0 spiro atoms. The second kappa shape index (κ2) is 15.4. The van der Waals surface area contributed by atoms with E-state index in [9.17, 15) is 18.0 Å². The molecule has 0 aromatic heterocycles. The van der Waals surface area contributed by atoms with Crippen molar-refractivity contribution >= 4 is 27.5 Å². The molecule has 4 aromatic carbocycles. The van der Waals surface area contributed by atoms with E-state index in [-0.39, 0.29) is 35.5 Å². The van der Waals surface area contributed by atoms with Crippen LogP contribution in [-0.2, 0) is 32.6 Å². The van der Waals surface area contributed by atoms with Crippen molar-refractivity contribution in [2.75, 3.05) is 18.0 Å². The summed E-state index contributed by atoms with van der Waals surface area (Å²) in [5.41, 5.74) is 2.91. The van der Waals surface area contributed by atoms with Crippen molar-refractivity contribution in [3.63, 3.8) is 0 Å². The van der Waals surface area contributed by atoms with Gasteiger partial charge in [-0.1, -0.05) is 91.9 Å². The Balaban J connectivity index is 1.84. The monoisotopic (exact) mass is 627 g/mol. The number of carbonyl (C=O) groups excluding carboxylic acids is 2. The number of methoxy groups -OCH3 is 1. The Morgan fingerprint density at radius 2 is 1.44 bits per heavy atom. The van der Waals surface area contributed by atoms with Gasteiger partial charge in [-0.05, 0) is 61.2 Å². The number of ether oxygens (including phenoxy) is 1. The van der Waals surface area contributed by atoms with Gasteiger partial charge in [0.1, 0.15) is 18.3 Å². The van der Waals surface area contributed by atoms with Crippen LogP contribution in [0.15, 0.2) is 114 Å². The summed E-state index contributed by atoms with van der Waals surface area (Å²) in [6.07, 6.45) is 0.966. The van der Waals surface area contributed by atoms with Crippen LogP contribution < -0.4 is 14.4 Å². The third kappa shape index (κ3) is 8.30. The summed E-state index contributed by atoms with van der Waals surface area (Å²) < 4.78 is 34.9. The Kier molecular flexibility index (Phi) is 11.4. The first kappa shape index (κ1) is 33.3. The van der Waals surface area contributed by atoms with E-state index in [1.54, 1.807) is 42.5 Å². The van der Waals surface area contributed by atoms with Gasteiger partial charge in [-0.2, -0.15) is 0 Å². The highest BCUT2D eigenvalue weighted by atomic mass is 32.2. The van der Waals surface area contributed by atoms with Crippen LogP contribution in [0.5, 0.6) is 5.75 Å². The molecule has 0 bridgehead atoms. The molecule has 236 valence electrons. The van der Waals surface area contributed by atoms with Gasteiger partial charge < -0.3 is 15.0 Å². The van der Waals surface area contributed by atoms with Gasteiger partial charge in [0.25, 0.3) is 10.0 Å². The van der Waals surface area contributed by atoms with Gasteiger partial charge >= 0.3 is 0 Å². The quantitative estimate of drug-likeness (QED) is 0.192. The van der Waals surface area contributed by atoms with Crippen molar-refractivity contribution in [3.8, 4) is 5.75 Å². The fraction of sp³-hybridized carbons (Fsp3) is 0.278. The van der Waals surface area contributed by atoms with Crippen molar-refractivity contribution in [2.45, 2.75) is 57.1 Å². The number of aryl methyl sites for hydroxylation is 1. The molecular weight excluding hydrogens is 586 g/mol. The van der Waals surface area contributed by atoms with Crippen molar-refractivity contribution in [1.82, 2.24) is 10.2 Å². The second-order valence-electron chi connectivity index (χ2n) is 11.0. The van der Waals surface area contributed by atoms with E-state index in [4.69, 9.17) is 4.74 Å². The maximum atomic E-state index is 14.6. The highest BCUT2D eigenvalue weighted by Crippen LogP contribution is 2.32. The average molecular weight is 628 g/mol. The van der Waals surface area contributed by atoms with Gasteiger partial charge in [0.2, 0.25) is 11.8 Å². The Bertz CT molecular complexity index is 1680. The second-order valence-corrected chi connectivity index (χ2v) is 12.8. The zero-order valence-corrected chi connectivity index (χ0v) is 27.0. The van der Waals surface area contributed by atoms with Crippen LogP contribution in [0, 0.1) is 6.92 Å². The van der Waals surface area contributed by atoms with E-state index < -0.39 is 28.5 Å². The number of rotatable bonds is 14. The zero-order valence-electron chi connectivity index (χ0n) is 26.2. The van der Waals surface area contributed by atoms with Gasteiger partial charge in [-0.25, -0.2) is 8.42 Å². The molecule has 0 aliphatic heterocycles. The van der Waals surface area contributed by atoms with Crippen LogP contribution in [0.1, 0.15) is 37.0 Å². The SMILES string of the molecule is CCC(C)NC(=O)C(Cc1ccccc1)N(Cc1ccccc1C)C(=O)CN(c1ccccc1OC)S(=O)(=O)c1ccccc1. The largest absolute Gasteiger partial charge is 0.495 e. The predicted molar refractivity (Wildman–Crippen MR) is 178 cm³/mol. The first-order chi connectivity index (χ1) is 21.6. The van der Waals surface area contributed by atoms with Gasteiger partial charge in [-0.15, -0.1) is 0 Å². The number of anilines is 1. The number of benzene rings is 4. The lowest BCUT2D eigenvalue weighted by Gasteiger charge is -2.34. The lowest BCUT2D eigenvalue weighted by atomic mass is 10.0. The van der Waals surface area contributed by atoms with Gasteiger partial charge in [-0.3, -0.25) is 13.9 Å². The molecule has 0 radical (unpaired) electrons. The molecular formula is C36H41N3O5S. The molecule has 45 heavy (non-hydrogen) atoms. The van der Waals surface area contributed by atoms with Gasteiger partial charge in [0, 0.05) is 19.0 Å². The van der Waals surface area contributed by atoms with E-state index >= 15 is 0 Å².